The monoisotopic (exact) mass is 446 g/mol. The normalized spacial score (nSPS) is 24.0. The number of rotatable bonds is 7. The third-order valence-corrected chi connectivity index (χ3v) is 5.49. The summed E-state index contributed by atoms with van der Waals surface area (Å²) in [5.41, 5.74) is 0. The summed E-state index contributed by atoms with van der Waals surface area (Å²) in [6.45, 7) is 13.6. The Hall–Kier alpha value is 0.180. The zero-order valence-corrected chi connectivity index (χ0v) is 19.0. The quantitative estimate of drug-likeness (QED) is 0.641. The number of amides is 1. The van der Waals surface area contributed by atoms with Crippen molar-refractivity contribution in [2.75, 3.05) is 65.5 Å². The lowest BCUT2D eigenvalue weighted by Gasteiger charge is -2.40. The van der Waals surface area contributed by atoms with Gasteiger partial charge in [0.1, 0.15) is 0 Å². The summed E-state index contributed by atoms with van der Waals surface area (Å²) in [4.78, 5) is 19.2. The van der Waals surface area contributed by atoms with Crippen LogP contribution in [0.3, 0.4) is 0 Å². The summed E-state index contributed by atoms with van der Waals surface area (Å²) in [6.07, 6.45) is 2.97. The predicted octanol–water partition coefficient (Wildman–Crippen LogP) is 1.50. The SMILES string of the molecule is CC(C)N1CCOC(CN2CCN(C(=O)CNCC3CC3)CC2)C1.Cl.Cl.Cl. The highest BCUT2D eigenvalue weighted by molar-refractivity contribution is 5.86. The van der Waals surface area contributed by atoms with E-state index in [2.05, 4.69) is 29.0 Å². The molecule has 0 aromatic rings. The molecule has 1 unspecified atom stereocenters. The van der Waals surface area contributed by atoms with E-state index in [9.17, 15) is 4.79 Å². The van der Waals surface area contributed by atoms with E-state index >= 15 is 0 Å². The summed E-state index contributed by atoms with van der Waals surface area (Å²) in [5.74, 6) is 1.09. The molecule has 0 aromatic heterocycles. The van der Waals surface area contributed by atoms with Gasteiger partial charge in [0.2, 0.25) is 5.91 Å². The van der Waals surface area contributed by atoms with Gasteiger partial charge in [-0.25, -0.2) is 0 Å². The van der Waals surface area contributed by atoms with Crippen molar-refractivity contribution in [3.63, 3.8) is 0 Å². The van der Waals surface area contributed by atoms with Crippen LogP contribution in [0.4, 0.5) is 0 Å². The van der Waals surface area contributed by atoms with E-state index < -0.39 is 0 Å². The lowest BCUT2D eigenvalue weighted by Crippen LogP contribution is -2.55. The second kappa shape index (κ2) is 13.4. The Labute approximate surface area is 182 Å². The number of carbonyl (C=O) groups excluding carboxylic acids is 1. The fourth-order valence-corrected chi connectivity index (χ4v) is 3.61. The molecule has 1 N–H and O–H groups in total. The average Bonchev–Trinajstić information content (AvgIpc) is 3.40. The number of carbonyl (C=O) groups is 1. The van der Waals surface area contributed by atoms with E-state index in [-0.39, 0.29) is 43.1 Å². The molecule has 3 fully saturated rings. The van der Waals surface area contributed by atoms with E-state index in [1.165, 1.54) is 12.8 Å². The van der Waals surface area contributed by atoms with E-state index in [0.717, 1.165) is 64.9 Å². The van der Waals surface area contributed by atoms with Crippen molar-refractivity contribution in [2.45, 2.75) is 38.8 Å². The van der Waals surface area contributed by atoms with E-state index in [4.69, 9.17) is 4.74 Å². The maximum atomic E-state index is 12.2. The molecule has 0 aromatic carbocycles. The van der Waals surface area contributed by atoms with Crippen LogP contribution in [0.5, 0.6) is 0 Å². The van der Waals surface area contributed by atoms with Crippen molar-refractivity contribution in [1.82, 2.24) is 20.0 Å². The molecular formula is C18H37Cl3N4O2. The minimum atomic E-state index is 0. The van der Waals surface area contributed by atoms with Gasteiger partial charge in [-0.2, -0.15) is 0 Å². The zero-order chi connectivity index (χ0) is 16.9. The summed E-state index contributed by atoms with van der Waals surface area (Å²) in [7, 11) is 0. The number of hydrogen-bond donors (Lipinski definition) is 1. The van der Waals surface area contributed by atoms with Crippen LogP contribution in [0.1, 0.15) is 26.7 Å². The molecule has 1 aliphatic carbocycles. The highest BCUT2D eigenvalue weighted by Gasteiger charge is 2.27. The highest BCUT2D eigenvalue weighted by atomic mass is 35.5. The molecule has 2 aliphatic heterocycles. The van der Waals surface area contributed by atoms with Crippen molar-refractivity contribution in [2.24, 2.45) is 5.92 Å². The second-order valence-electron chi connectivity index (χ2n) is 7.84. The Kier molecular flexibility index (Phi) is 13.5. The van der Waals surface area contributed by atoms with Crippen LogP contribution in [-0.4, -0.2) is 98.3 Å². The minimum Gasteiger partial charge on any atom is -0.374 e. The standard InChI is InChI=1S/C18H34N4O2.3ClH/c1-15(2)22-9-10-24-17(14-22)13-20-5-7-21(8-6-20)18(23)12-19-11-16-3-4-16;;;/h15-17,19H,3-14H2,1-2H3;3*1H. The number of piperazine rings is 1. The third kappa shape index (κ3) is 9.03. The van der Waals surface area contributed by atoms with Gasteiger partial charge in [-0.1, -0.05) is 0 Å². The molecule has 0 bridgehead atoms. The first-order chi connectivity index (χ1) is 11.6. The molecule has 1 atom stereocenters. The van der Waals surface area contributed by atoms with Crippen LogP contribution >= 0.6 is 37.2 Å². The van der Waals surface area contributed by atoms with Gasteiger partial charge in [0.05, 0.1) is 19.3 Å². The fourth-order valence-electron chi connectivity index (χ4n) is 3.61. The maximum Gasteiger partial charge on any atom is 0.236 e. The highest BCUT2D eigenvalue weighted by Crippen LogP contribution is 2.27. The van der Waals surface area contributed by atoms with Gasteiger partial charge in [-0.05, 0) is 39.2 Å². The molecule has 1 saturated carbocycles. The number of morpholine rings is 1. The van der Waals surface area contributed by atoms with Crippen LogP contribution in [0.15, 0.2) is 0 Å². The van der Waals surface area contributed by atoms with Gasteiger partial charge in [0, 0.05) is 51.9 Å². The smallest absolute Gasteiger partial charge is 0.236 e. The molecule has 9 heteroatoms. The Bertz CT molecular complexity index is 419. The number of halogens is 3. The summed E-state index contributed by atoms with van der Waals surface area (Å²) in [5, 5.41) is 3.31. The van der Waals surface area contributed by atoms with E-state index in [1.807, 2.05) is 4.90 Å². The van der Waals surface area contributed by atoms with Crippen molar-refractivity contribution in [3.05, 3.63) is 0 Å². The number of nitrogens with zero attached hydrogens (tertiary/aromatic N) is 3. The lowest BCUT2D eigenvalue weighted by molar-refractivity contribution is -0.132. The largest absolute Gasteiger partial charge is 0.374 e. The van der Waals surface area contributed by atoms with Crippen molar-refractivity contribution < 1.29 is 9.53 Å². The lowest BCUT2D eigenvalue weighted by atomic mass is 10.2. The van der Waals surface area contributed by atoms with Crippen LogP contribution in [0.2, 0.25) is 0 Å². The van der Waals surface area contributed by atoms with Crippen molar-refractivity contribution in [1.29, 1.82) is 0 Å². The molecule has 1 amide bonds. The van der Waals surface area contributed by atoms with E-state index in [1.54, 1.807) is 0 Å². The topological polar surface area (TPSA) is 48.1 Å². The fraction of sp³-hybridized carbons (Fsp3) is 0.944. The Balaban J connectivity index is 0.00000225. The second-order valence-corrected chi connectivity index (χ2v) is 7.84. The third-order valence-electron chi connectivity index (χ3n) is 5.49. The van der Waals surface area contributed by atoms with Gasteiger partial charge in [0.15, 0.2) is 0 Å². The Morgan fingerprint density at radius 3 is 2.33 bits per heavy atom. The predicted molar refractivity (Wildman–Crippen MR) is 117 cm³/mol. The summed E-state index contributed by atoms with van der Waals surface area (Å²) in [6, 6.07) is 0.592. The van der Waals surface area contributed by atoms with Gasteiger partial charge in [-0.15, -0.1) is 37.2 Å². The molecule has 0 spiro atoms. The number of nitrogens with one attached hydrogen (secondary N) is 1. The van der Waals surface area contributed by atoms with Crippen LogP contribution in [-0.2, 0) is 9.53 Å². The Morgan fingerprint density at radius 1 is 1.07 bits per heavy atom. The van der Waals surface area contributed by atoms with Gasteiger partial charge in [-0.3, -0.25) is 14.6 Å². The zero-order valence-electron chi connectivity index (χ0n) is 16.6. The van der Waals surface area contributed by atoms with Gasteiger partial charge in [0.25, 0.3) is 0 Å². The maximum absolute atomic E-state index is 12.2. The molecule has 0 radical (unpaired) electrons. The van der Waals surface area contributed by atoms with Crippen molar-refractivity contribution in [3.8, 4) is 0 Å². The minimum absolute atomic E-state index is 0. The summed E-state index contributed by atoms with van der Waals surface area (Å²) >= 11 is 0. The van der Waals surface area contributed by atoms with Crippen LogP contribution in [0, 0.1) is 5.92 Å². The first kappa shape index (κ1) is 27.2. The molecular weight excluding hydrogens is 411 g/mol. The molecule has 27 heavy (non-hydrogen) atoms. The molecule has 3 aliphatic rings. The molecule has 162 valence electrons. The molecule has 3 rings (SSSR count). The van der Waals surface area contributed by atoms with Crippen LogP contribution in [0.25, 0.3) is 0 Å². The van der Waals surface area contributed by atoms with Crippen LogP contribution < -0.4 is 5.32 Å². The molecule has 2 saturated heterocycles. The van der Waals surface area contributed by atoms with E-state index in [0.29, 0.717) is 18.7 Å². The van der Waals surface area contributed by atoms with Gasteiger partial charge < -0.3 is 15.0 Å². The van der Waals surface area contributed by atoms with Crippen molar-refractivity contribution >= 4 is 43.1 Å². The number of hydrogen-bond acceptors (Lipinski definition) is 5. The summed E-state index contributed by atoms with van der Waals surface area (Å²) < 4.78 is 5.94. The first-order valence-corrected chi connectivity index (χ1v) is 9.68. The number of ether oxygens (including phenoxy) is 1. The molecule has 2 heterocycles. The van der Waals surface area contributed by atoms with Gasteiger partial charge >= 0.3 is 0 Å². The average molecular weight is 448 g/mol. The molecule has 6 nitrogen and oxygen atoms in total. The Morgan fingerprint density at radius 2 is 1.74 bits per heavy atom. The first-order valence-electron chi connectivity index (χ1n) is 9.68.